The van der Waals surface area contributed by atoms with Gasteiger partial charge in [0.1, 0.15) is 30.0 Å². The largest absolute Gasteiger partial charge is 0.479 e. The van der Waals surface area contributed by atoms with Gasteiger partial charge in [0.2, 0.25) is 0 Å². The molecule has 134 valence electrons. The average molecular weight is 340 g/mol. The molecule has 0 unspecified atom stereocenters. The number of carboxylic acid groups (broad SMARTS) is 1. The van der Waals surface area contributed by atoms with Crippen LogP contribution >= 0.6 is 0 Å². The van der Waals surface area contributed by atoms with E-state index in [0.29, 0.717) is 0 Å². The van der Waals surface area contributed by atoms with Crippen molar-refractivity contribution in [3.63, 3.8) is 0 Å². The lowest BCUT2D eigenvalue weighted by atomic mass is 9.98. The predicted octanol–water partition coefficient (Wildman–Crippen LogP) is -4.01. The summed E-state index contributed by atoms with van der Waals surface area (Å²) in [5.41, 5.74) is -1.93. The van der Waals surface area contributed by atoms with Crippen molar-refractivity contribution >= 4 is 5.97 Å². The molecule has 0 aromatic rings. The van der Waals surface area contributed by atoms with Crippen molar-refractivity contribution in [2.45, 2.75) is 48.7 Å². The van der Waals surface area contributed by atoms with Crippen LogP contribution in [0.3, 0.4) is 0 Å². The van der Waals surface area contributed by atoms with Crippen LogP contribution in [0.25, 0.3) is 0 Å². The van der Waals surface area contributed by atoms with Gasteiger partial charge in [-0.1, -0.05) is 0 Å². The van der Waals surface area contributed by atoms with Crippen LogP contribution in [0.4, 0.5) is 0 Å². The van der Waals surface area contributed by atoms with Crippen molar-refractivity contribution in [1.29, 1.82) is 0 Å². The zero-order valence-corrected chi connectivity index (χ0v) is 12.2. The molecule has 23 heavy (non-hydrogen) atoms. The molecule has 6 N–H and O–H groups in total. The smallest absolute Gasteiger partial charge is 0.335 e. The van der Waals surface area contributed by atoms with Gasteiger partial charge in [0.05, 0.1) is 13.2 Å². The zero-order chi connectivity index (χ0) is 17.4. The van der Waals surface area contributed by atoms with E-state index in [2.05, 4.69) is 0 Å². The van der Waals surface area contributed by atoms with Crippen molar-refractivity contribution in [2.24, 2.45) is 0 Å². The van der Waals surface area contributed by atoms with Crippen molar-refractivity contribution < 1.29 is 54.4 Å². The summed E-state index contributed by atoms with van der Waals surface area (Å²) >= 11 is 0. The van der Waals surface area contributed by atoms with E-state index in [1.54, 1.807) is 0 Å². The molecule has 2 aliphatic heterocycles. The van der Waals surface area contributed by atoms with Crippen LogP contribution in [0.1, 0.15) is 0 Å². The van der Waals surface area contributed by atoms with Gasteiger partial charge in [0.15, 0.2) is 18.7 Å². The first-order valence-electron chi connectivity index (χ1n) is 6.80. The predicted molar refractivity (Wildman–Crippen MR) is 68.0 cm³/mol. The van der Waals surface area contributed by atoms with E-state index in [1.807, 2.05) is 0 Å². The minimum Gasteiger partial charge on any atom is -0.479 e. The summed E-state index contributed by atoms with van der Waals surface area (Å²) in [5, 5.41) is 57.6. The molecule has 11 nitrogen and oxygen atoms in total. The molecular formula is C12H20O11. The van der Waals surface area contributed by atoms with Gasteiger partial charge in [0.25, 0.3) is 0 Å². The number of ether oxygens (including phenoxy) is 4. The van der Waals surface area contributed by atoms with Gasteiger partial charge in [-0.25, -0.2) is 4.79 Å². The van der Waals surface area contributed by atoms with E-state index in [9.17, 15) is 25.2 Å². The number of carbonyl (C=O) groups is 1. The standard InChI is InChI=1S/C12H20O11/c1-20-10-7(5(15)4(14)6(22-10)9(17)18)23-11-8(16)12(19,2-13)3-21-11/h4-8,10-11,13-16,19H,2-3H2,1H3,(H,17,18)/t4-,5+,6+,7-,8+,10+,11+,12-/m1/s1. The Hall–Kier alpha value is -0.890. The normalized spacial score (nSPS) is 47.7. The Morgan fingerprint density at radius 3 is 2.39 bits per heavy atom. The van der Waals surface area contributed by atoms with Crippen LogP contribution in [0.2, 0.25) is 0 Å². The Bertz CT molecular complexity index is 429. The third-order valence-corrected chi connectivity index (χ3v) is 3.89. The van der Waals surface area contributed by atoms with E-state index < -0.39 is 67.9 Å². The highest BCUT2D eigenvalue weighted by molar-refractivity contribution is 5.73. The number of rotatable bonds is 5. The molecule has 0 aromatic heterocycles. The summed E-state index contributed by atoms with van der Waals surface area (Å²) in [7, 11) is 1.17. The molecule has 0 amide bonds. The highest BCUT2D eigenvalue weighted by Crippen LogP contribution is 2.31. The summed E-state index contributed by atoms with van der Waals surface area (Å²) in [4.78, 5) is 11.0. The molecule has 0 spiro atoms. The SMILES string of the molecule is CO[C@H]1O[C@H](C(=O)O)[C@H](O)[C@H](O)[C@H]1O[C@@H]1OC[C@](O)(CO)[C@H]1O. The fourth-order valence-electron chi connectivity index (χ4n) is 2.44. The molecule has 0 aliphatic carbocycles. The fraction of sp³-hybridized carbons (Fsp3) is 0.917. The third-order valence-electron chi connectivity index (χ3n) is 3.89. The number of hydrogen-bond acceptors (Lipinski definition) is 10. The second-order valence-electron chi connectivity index (χ2n) is 5.47. The van der Waals surface area contributed by atoms with Gasteiger partial charge in [-0.15, -0.1) is 0 Å². The second kappa shape index (κ2) is 6.93. The summed E-state index contributed by atoms with van der Waals surface area (Å²) in [6, 6.07) is 0. The van der Waals surface area contributed by atoms with Crippen LogP contribution in [0, 0.1) is 0 Å². The molecule has 0 saturated carbocycles. The van der Waals surface area contributed by atoms with Gasteiger partial charge >= 0.3 is 5.97 Å². The monoisotopic (exact) mass is 340 g/mol. The molecule has 2 heterocycles. The molecule has 2 fully saturated rings. The minimum atomic E-state index is -1.93. The van der Waals surface area contributed by atoms with Gasteiger partial charge < -0.3 is 49.6 Å². The lowest BCUT2D eigenvalue weighted by Crippen LogP contribution is -2.62. The number of aliphatic hydroxyl groups excluding tert-OH is 4. The summed E-state index contributed by atoms with van der Waals surface area (Å²) in [6.45, 7) is -1.20. The van der Waals surface area contributed by atoms with Crippen molar-refractivity contribution in [3.8, 4) is 0 Å². The molecule has 8 atom stereocenters. The molecule has 0 bridgehead atoms. The first kappa shape index (κ1) is 18.4. The van der Waals surface area contributed by atoms with E-state index in [0.717, 1.165) is 0 Å². The first-order chi connectivity index (χ1) is 10.7. The van der Waals surface area contributed by atoms with Gasteiger partial charge in [-0.3, -0.25) is 0 Å². The third kappa shape index (κ3) is 3.33. The molecular weight excluding hydrogens is 320 g/mol. The molecule has 11 heteroatoms. The Morgan fingerprint density at radius 2 is 1.91 bits per heavy atom. The fourth-order valence-corrected chi connectivity index (χ4v) is 2.44. The average Bonchev–Trinajstić information content (AvgIpc) is 2.80. The maximum absolute atomic E-state index is 11.0. The molecule has 2 rings (SSSR count). The zero-order valence-electron chi connectivity index (χ0n) is 12.2. The van der Waals surface area contributed by atoms with E-state index in [-0.39, 0.29) is 0 Å². The second-order valence-corrected chi connectivity index (χ2v) is 5.47. The van der Waals surface area contributed by atoms with Crippen LogP contribution in [-0.4, -0.2) is 106 Å². The maximum atomic E-state index is 11.0. The maximum Gasteiger partial charge on any atom is 0.335 e. The topological polar surface area (TPSA) is 175 Å². The first-order valence-corrected chi connectivity index (χ1v) is 6.80. The summed E-state index contributed by atoms with van der Waals surface area (Å²) < 4.78 is 20.2. The van der Waals surface area contributed by atoms with Gasteiger partial charge in [-0.05, 0) is 0 Å². The number of hydrogen-bond donors (Lipinski definition) is 6. The van der Waals surface area contributed by atoms with E-state index in [1.165, 1.54) is 7.11 Å². The number of methoxy groups -OCH3 is 1. The number of aliphatic carboxylic acids is 1. The number of carboxylic acids is 1. The van der Waals surface area contributed by atoms with Gasteiger partial charge in [-0.2, -0.15) is 0 Å². The highest BCUT2D eigenvalue weighted by atomic mass is 16.8. The van der Waals surface area contributed by atoms with Gasteiger partial charge in [0, 0.05) is 7.11 Å². The molecule has 2 aliphatic rings. The van der Waals surface area contributed by atoms with Crippen molar-refractivity contribution in [2.75, 3.05) is 20.3 Å². The van der Waals surface area contributed by atoms with Crippen LogP contribution in [-0.2, 0) is 23.7 Å². The Morgan fingerprint density at radius 1 is 1.26 bits per heavy atom. The van der Waals surface area contributed by atoms with Crippen molar-refractivity contribution in [1.82, 2.24) is 0 Å². The Balaban J connectivity index is 2.11. The summed E-state index contributed by atoms with van der Waals surface area (Å²) in [6.07, 6.45) is -11.1. The Labute approximate surface area is 130 Å². The van der Waals surface area contributed by atoms with Crippen LogP contribution < -0.4 is 0 Å². The highest BCUT2D eigenvalue weighted by Gasteiger charge is 2.54. The van der Waals surface area contributed by atoms with Crippen molar-refractivity contribution in [3.05, 3.63) is 0 Å². The molecule has 0 aromatic carbocycles. The summed E-state index contributed by atoms with van der Waals surface area (Å²) in [5.74, 6) is -1.50. The Kier molecular flexibility index (Phi) is 5.56. The van der Waals surface area contributed by atoms with E-state index >= 15 is 0 Å². The lowest BCUT2D eigenvalue weighted by Gasteiger charge is -2.41. The quantitative estimate of drug-likeness (QED) is 0.287. The number of aliphatic hydroxyl groups is 5. The van der Waals surface area contributed by atoms with Crippen LogP contribution in [0.15, 0.2) is 0 Å². The van der Waals surface area contributed by atoms with Crippen LogP contribution in [0.5, 0.6) is 0 Å². The minimum absolute atomic E-state index is 0.420. The molecule has 0 radical (unpaired) electrons. The van der Waals surface area contributed by atoms with E-state index in [4.69, 9.17) is 29.2 Å². The lowest BCUT2D eigenvalue weighted by molar-refractivity contribution is -0.325. The molecule has 2 saturated heterocycles.